The summed E-state index contributed by atoms with van der Waals surface area (Å²) in [5.74, 6) is -1.87. The van der Waals surface area contributed by atoms with Crippen molar-refractivity contribution >= 4 is 23.4 Å². The van der Waals surface area contributed by atoms with Crippen LogP contribution < -0.4 is 0 Å². The van der Waals surface area contributed by atoms with Crippen molar-refractivity contribution in [3.63, 3.8) is 0 Å². The summed E-state index contributed by atoms with van der Waals surface area (Å²) in [6.45, 7) is 3.01. The highest BCUT2D eigenvalue weighted by Crippen LogP contribution is 2.41. The van der Waals surface area contributed by atoms with E-state index in [0.29, 0.717) is 17.0 Å². The van der Waals surface area contributed by atoms with Crippen LogP contribution in [0.15, 0.2) is 18.2 Å². The van der Waals surface area contributed by atoms with Gasteiger partial charge < -0.3 is 5.11 Å². The molecule has 4 nitrogen and oxygen atoms in total. The molecule has 0 spiro atoms. The number of hydrogen-bond donors (Lipinski definition) is 1. The van der Waals surface area contributed by atoms with E-state index in [1.54, 1.807) is 12.1 Å². The lowest BCUT2D eigenvalue weighted by Gasteiger charge is -2.07. The maximum atomic E-state index is 12.1. The van der Waals surface area contributed by atoms with Crippen LogP contribution in [0.4, 0.5) is 0 Å². The highest BCUT2D eigenvalue weighted by atomic mass is 35.5. The number of halogens is 1. The number of rotatable bonds is 5. The molecular formula is C14H14ClNO3. The van der Waals surface area contributed by atoms with E-state index in [2.05, 4.69) is 4.90 Å². The second kappa shape index (κ2) is 4.62. The molecule has 0 radical (unpaired) electrons. The van der Waals surface area contributed by atoms with Gasteiger partial charge in [-0.15, -0.1) is 0 Å². The number of carboxylic acid groups (broad SMARTS) is 1. The van der Waals surface area contributed by atoms with E-state index in [-0.39, 0.29) is 11.7 Å². The minimum atomic E-state index is -0.886. The number of carbonyl (C=O) groups excluding carboxylic acids is 1. The molecule has 0 amide bonds. The average Bonchev–Trinajstić information content (AvgIpc) is 3.24. The Balaban J connectivity index is 1.73. The number of benzene rings is 1. The largest absolute Gasteiger partial charge is 0.481 e. The summed E-state index contributed by atoms with van der Waals surface area (Å²) < 4.78 is 0. The second-order valence-corrected chi connectivity index (χ2v) is 5.64. The van der Waals surface area contributed by atoms with Crippen LogP contribution in [-0.4, -0.2) is 34.8 Å². The Morgan fingerprint density at radius 2 is 2.05 bits per heavy atom. The molecule has 1 aliphatic carbocycles. The molecule has 1 heterocycles. The van der Waals surface area contributed by atoms with Crippen molar-refractivity contribution in [3.05, 3.63) is 34.3 Å². The zero-order valence-corrected chi connectivity index (χ0v) is 11.1. The van der Waals surface area contributed by atoms with Crippen LogP contribution in [0.1, 0.15) is 22.3 Å². The number of hydrogen-bond acceptors (Lipinski definition) is 3. The number of Topliss-reactive ketones (excluding diaryl/α,β-unsaturated/α-hetero) is 1. The molecule has 1 aromatic rings. The SMILES string of the molecule is O=C(O)[C@H]1C[C@@H]1C(=O)c1ccc(CN2CC2)c(Cl)c1. The van der Waals surface area contributed by atoms with Gasteiger partial charge in [0.1, 0.15) is 0 Å². The first-order valence-corrected chi connectivity index (χ1v) is 6.72. The molecule has 1 aromatic carbocycles. The lowest BCUT2D eigenvalue weighted by atomic mass is 10.0. The van der Waals surface area contributed by atoms with Crippen molar-refractivity contribution < 1.29 is 14.7 Å². The Bertz CT molecular complexity index is 554. The summed E-state index contributed by atoms with van der Waals surface area (Å²) >= 11 is 6.17. The van der Waals surface area contributed by atoms with Crippen molar-refractivity contribution in [2.75, 3.05) is 13.1 Å². The van der Waals surface area contributed by atoms with E-state index < -0.39 is 11.9 Å². The fourth-order valence-electron chi connectivity index (χ4n) is 2.27. The highest BCUT2D eigenvalue weighted by Gasteiger charge is 2.48. The lowest BCUT2D eigenvalue weighted by Crippen LogP contribution is -2.08. The van der Waals surface area contributed by atoms with Gasteiger partial charge in [0.15, 0.2) is 5.78 Å². The minimum Gasteiger partial charge on any atom is -0.481 e. The van der Waals surface area contributed by atoms with Crippen LogP contribution in [-0.2, 0) is 11.3 Å². The van der Waals surface area contributed by atoms with E-state index in [4.69, 9.17) is 16.7 Å². The Hall–Kier alpha value is -1.39. The molecule has 0 bridgehead atoms. The molecule has 19 heavy (non-hydrogen) atoms. The summed E-state index contributed by atoms with van der Waals surface area (Å²) in [5.41, 5.74) is 1.54. The zero-order valence-electron chi connectivity index (χ0n) is 10.3. The predicted molar refractivity (Wildman–Crippen MR) is 70.3 cm³/mol. The first-order chi connectivity index (χ1) is 9.06. The maximum absolute atomic E-state index is 12.1. The number of aliphatic carboxylic acids is 1. The fourth-order valence-corrected chi connectivity index (χ4v) is 2.51. The minimum absolute atomic E-state index is 0.104. The molecule has 1 saturated carbocycles. The van der Waals surface area contributed by atoms with Gasteiger partial charge >= 0.3 is 5.97 Å². The van der Waals surface area contributed by atoms with Gasteiger partial charge in [-0.25, -0.2) is 0 Å². The number of nitrogens with zero attached hydrogens (tertiary/aromatic N) is 1. The van der Waals surface area contributed by atoms with Crippen LogP contribution in [0.2, 0.25) is 5.02 Å². The van der Waals surface area contributed by atoms with E-state index >= 15 is 0 Å². The van der Waals surface area contributed by atoms with Crippen molar-refractivity contribution in [2.24, 2.45) is 11.8 Å². The van der Waals surface area contributed by atoms with Crippen molar-refractivity contribution in [3.8, 4) is 0 Å². The Kier molecular flexibility index (Phi) is 3.07. The van der Waals surface area contributed by atoms with Gasteiger partial charge in [0.05, 0.1) is 5.92 Å². The number of carboxylic acids is 1. The van der Waals surface area contributed by atoms with E-state index in [0.717, 1.165) is 25.2 Å². The smallest absolute Gasteiger partial charge is 0.307 e. The molecule has 2 aliphatic rings. The van der Waals surface area contributed by atoms with Gasteiger partial charge in [-0.2, -0.15) is 0 Å². The number of ketones is 1. The molecule has 100 valence electrons. The van der Waals surface area contributed by atoms with Gasteiger partial charge in [0.25, 0.3) is 0 Å². The summed E-state index contributed by atoms with van der Waals surface area (Å²) in [4.78, 5) is 25.1. The first-order valence-electron chi connectivity index (χ1n) is 6.34. The first kappa shape index (κ1) is 12.6. The van der Waals surface area contributed by atoms with Gasteiger partial charge in [-0.3, -0.25) is 14.5 Å². The van der Waals surface area contributed by atoms with Gasteiger partial charge in [-0.05, 0) is 18.1 Å². The molecule has 2 atom stereocenters. The standard InChI is InChI=1S/C14H14ClNO3/c15-12-5-8(1-2-9(12)7-16-3-4-16)13(17)10-6-11(10)14(18)19/h1-2,5,10-11H,3-4,6-7H2,(H,18,19)/t10-,11-/m0/s1. The molecule has 0 aromatic heterocycles. The van der Waals surface area contributed by atoms with Gasteiger partial charge in [0, 0.05) is 36.1 Å². The van der Waals surface area contributed by atoms with Crippen molar-refractivity contribution in [1.29, 1.82) is 0 Å². The Labute approximate surface area is 116 Å². The summed E-state index contributed by atoms with van der Waals surface area (Å²) in [6.07, 6.45) is 0.446. The third-order valence-electron chi connectivity index (χ3n) is 3.72. The summed E-state index contributed by atoms with van der Waals surface area (Å²) in [5, 5.41) is 9.43. The Morgan fingerprint density at radius 1 is 1.32 bits per heavy atom. The lowest BCUT2D eigenvalue weighted by molar-refractivity contribution is -0.138. The van der Waals surface area contributed by atoms with Crippen LogP contribution in [0.25, 0.3) is 0 Å². The quantitative estimate of drug-likeness (QED) is 0.662. The number of carbonyl (C=O) groups is 2. The Morgan fingerprint density at radius 3 is 2.58 bits per heavy atom. The fraction of sp³-hybridized carbons (Fsp3) is 0.429. The molecule has 1 N–H and O–H groups in total. The van der Waals surface area contributed by atoms with E-state index in [1.807, 2.05) is 6.07 Å². The summed E-state index contributed by atoms with van der Waals surface area (Å²) in [6, 6.07) is 5.29. The molecular weight excluding hydrogens is 266 g/mol. The molecule has 5 heteroatoms. The van der Waals surface area contributed by atoms with Gasteiger partial charge in [-0.1, -0.05) is 23.7 Å². The third-order valence-corrected chi connectivity index (χ3v) is 4.07. The monoisotopic (exact) mass is 279 g/mol. The van der Waals surface area contributed by atoms with E-state index in [1.165, 1.54) is 0 Å². The van der Waals surface area contributed by atoms with Crippen LogP contribution >= 0.6 is 11.6 Å². The normalized spacial score (nSPS) is 25.1. The molecule has 1 saturated heterocycles. The van der Waals surface area contributed by atoms with Crippen molar-refractivity contribution in [2.45, 2.75) is 13.0 Å². The molecule has 0 unspecified atom stereocenters. The van der Waals surface area contributed by atoms with Crippen LogP contribution in [0, 0.1) is 11.8 Å². The maximum Gasteiger partial charge on any atom is 0.307 e. The highest BCUT2D eigenvalue weighted by molar-refractivity contribution is 6.31. The van der Waals surface area contributed by atoms with Gasteiger partial charge in [0.2, 0.25) is 0 Å². The third kappa shape index (κ3) is 2.65. The van der Waals surface area contributed by atoms with E-state index in [9.17, 15) is 9.59 Å². The molecule has 1 aliphatic heterocycles. The predicted octanol–water partition coefficient (Wildman–Crippen LogP) is 2.06. The summed E-state index contributed by atoms with van der Waals surface area (Å²) in [7, 11) is 0. The molecule has 2 fully saturated rings. The van der Waals surface area contributed by atoms with Crippen LogP contribution in [0.5, 0.6) is 0 Å². The van der Waals surface area contributed by atoms with Crippen molar-refractivity contribution in [1.82, 2.24) is 4.90 Å². The second-order valence-electron chi connectivity index (χ2n) is 5.23. The zero-order chi connectivity index (χ0) is 13.6. The molecule has 3 rings (SSSR count). The topological polar surface area (TPSA) is 57.4 Å². The van der Waals surface area contributed by atoms with Crippen LogP contribution in [0.3, 0.4) is 0 Å². The average molecular weight is 280 g/mol.